The first-order valence-corrected chi connectivity index (χ1v) is 11.9. The number of halogens is 1. The Morgan fingerprint density at radius 1 is 0.900 bits per heavy atom. The number of hydrogen-bond donors (Lipinski definition) is 0. The van der Waals surface area contributed by atoms with Crippen LogP contribution < -0.4 is 0 Å². The molecule has 2 heteroatoms. The van der Waals surface area contributed by atoms with E-state index in [0.29, 0.717) is 7.92 Å². The molecule has 0 aliphatic heterocycles. The maximum Gasteiger partial charge on any atom is -0.00848 e. The van der Waals surface area contributed by atoms with Gasteiger partial charge in [-0.05, 0) is 61.8 Å². The fraction of sp³-hybridized carbons (Fsp3) is 0.889. The van der Waals surface area contributed by atoms with Gasteiger partial charge in [-0.25, -0.2) is 0 Å². The van der Waals surface area contributed by atoms with Crippen LogP contribution >= 0.6 is 23.9 Å². The van der Waals surface area contributed by atoms with Gasteiger partial charge < -0.3 is 0 Å². The van der Waals surface area contributed by atoms with Crippen molar-refractivity contribution >= 4 is 23.9 Å². The minimum atomic E-state index is 0.344. The summed E-state index contributed by atoms with van der Waals surface area (Å²) in [7, 11) is 0.344. The van der Waals surface area contributed by atoms with E-state index in [1.165, 1.54) is 51.4 Å². The predicted molar refractivity (Wildman–Crippen MR) is 99.8 cm³/mol. The molecule has 0 aromatic rings. The zero-order chi connectivity index (χ0) is 14.6. The van der Waals surface area contributed by atoms with Crippen LogP contribution in [0.2, 0.25) is 0 Å². The van der Waals surface area contributed by atoms with Crippen LogP contribution in [0.1, 0.15) is 77.0 Å². The molecule has 0 radical (unpaired) electrons. The lowest BCUT2D eigenvalue weighted by atomic mass is 9.99. The second-order valence-corrected chi connectivity index (χ2v) is 9.19. The quantitative estimate of drug-likeness (QED) is 0.205. The van der Waals surface area contributed by atoms with Crippen molar-refractivity contribution in [2.45, 2.75) is 88.4 Å². The van der Waals surface area contributed by atoms with Crippen LogP contribution in [0.15, 0.2) is 12.7 Å². The van der Waals surface area contributed by atoms with Crippen LogP contribution in [0.5, 0.6) is 0 Å². The van der Waals surface area contributed by atoms with E-state index in [0.717, 1.165) is 11.3 Å². The fourth-order valence-corrected chi connectivity index (χ4v) is 7.84. The van der Waals surface area contributed by atoms with Crippen LogP contribution in [0, 0.1) is 0 Å². The second kappa shape index (κ2) is 12.2. The highest BCUT2D eigenvalue weighted by molar-refractivity contribution is 9.08. The third-order valence-electron chi connectivity index (χ3n) is 4.91. The lowest BCUT2D eigenvalue weighted by molar-refractivity contribution is 0.483. The van der Waals surface area contributed by atoms with E-state index >= 15 is 0 Å². The summed E-state index contributed by atoms with van der Waals surface area (Å²) in [5, 5.41) is 0. The third kappa shape index (κ3) is 6.61. The molecule has 0 spiro atoms. The summed E-state index contributed by atoms with van der Waals surface area (Å²) in [6.07, 6.45) is 21.7. The highest BCUT2D eigenvalue weighted by atomic mass is 79.9. The largest absolute Gasteiger partial charge is 0.103 e. The van der Waals surface area contributed by atoms with Gasteiger partial charge in [-0.2, -0.15) is 0 Å². The smallest absolute Gasteiger partial charge is 0.00848 e. The summed E-state index contributed by atoms with van der Waals surface area (Å²) >= 11 is 2.94. The normalized spacial score (nSPS) is 21.4. The summed E-state index contributed by atoms with van der Waals surface area (Å²) in [4.78, 5) is 0. The van der Waals surface area contributed by atoms with Gasteiger partial charge >= 0.3 is 0 Å². The van der Waals surface area contributed by atoms with Crippen LogP contribution in [0.25, 0.3) is 0 Å². The van der Waals surface area contributed by atoms with Gasteiger partial charge in [-0.1, -0.05) is 60.5 Å². The molecule has 0 unspecified atom stereocenters. The zero-order valence-electron chi connectivity index (χ0n) is 13.5. The van der Waals surface area contributed by atoms with Crippen molar-refractivity contribution in [2.75, 3.05) is 12.0 Å². The number of alkyl halides is 1. The predicted octanol–water partition coefficient (Wildman–Crippen LogP) is 7.11. The van der Waals surface area contributed by atoms with Gasteiger partial charge in [0, 0.05) is 0 Å². The molecule has 0 saturated heterocycles. The first-order valence-electron chi connectivity index (χ1n) is 8.66. The highest BCUT2D eigenvalue weighted by Crippen LogP contribution is 2.56. The average Bonchev–Trinajstić information content (AvgIpc) is 2.55. The van der Waals surface area contributed by atoms with Crippen LogP contribution in [-0.4, -0.2) is 23.3 Å². The van der Waals surface area contributed by atoms with Crippen molar-refractivity contribution in [1.82, 2.24) is 0 Å². The van der Waals surface area contributed by atoms with Crippen molar-refractivity contribution in [3.8, 4) is 0 Å². The Labute approximate surface area is 137 Å². The highest BCUT2D eigenvalue weighted by Gasteiger charge is 2.30. The molecule has 0 heterocycles. The molecule has 0 aromatic heterocycles. The van der Waals surface area contributed by atoms with Crippen LogP contribution in [0.4, 0.5) is 0 Å². The van der Waals surface area contributed by atoms with Crippen LogP contribution in [0.3, 0.4) is 0 Å². The first-order chi connectivity index (χ1) is 9.92. The Balaban J connectivity index is 0.000000956. The number of hydrogen-bond acceptors (Lipinski definition) is 0. The molecule has 118 valence electrons. The van der Waals surface area contributed by atoms with E-state index in [-0.39, 0.29) is 0 Å². The maximum atomic E-state index is 3.89. The molecule has 0 aromatic carbocycles. The van der Waals surface area contributed by atoms with Gasteiger partial charge in [0.25, 0.3) is 0 Å². The number of rotatable bonds is 6. The Morgan fingerprint density at radius 3 is 1.75 bits per heavy atom. The molecule has 0 amide bonds. The molecule has 2 saturated carbocycles. The van der Waals surface area contributed by atoms with Gasteiger partial charge in [0.15, 0.2) is 0 Å². The minimum Gasteiger partial charge on any atom is -0.103 e. The molecule has 0 bridgehead atoms. The van der Waals surface area contributed by atoms with Crippen molar-refractivity contribution in [1.29, 1.82) is 0 Å². The van der Waals surface area contributed by atoms with E-state index in [1.807, 2.05) is 5.83 Å². The van der Waals surface area contributed by atoms with Crippen molar-refractivity contribution in [3.05, 3.63) is 12.7 Å². The van der Waals surface area contributed by atoms with Gasteiger partial charge in [0.2, 0.25) is 0 Å². The standard InChI is InChI=1S/C17H31P.CH3Br/c1-2-3-10-15-18(16-11-6-4-7-12-16)17-13-8-5-9-14-17;1-2/h2,16-17H,1,3-15H2;1H3. The molecule has 0 atom stereocenters. The monoisotopic (exact) mass is 360 g/mol. The van der Waals surface area contributed by atoms with E-state index in [1.54, 1.807) is 31.8 Å². The SMILES string of the molecule is C=CCCCP(C1CCCCC1)C1CCCCC1.CBr. The lowest BCUT2D eigenvalue weighted by Gasteiger charge is -2.38. The summed E-state index contributed by atoms with van der Waals surface area (Å²) in [5.74, 6) is 1.81. The average molecular weight is 361 g/mol. The number of allylic oxidation sites excluding steroid dienone is 1. The molecular weight excluding hydrogens is 327 g/mol. The minimum absolute atomic E-state index is 0.344. The van der Waals surface area contributed by atoms with Crippen molar-refractivity contribution in [3.63, 3.8) is 0 Å². The Bertz CT molecular complexity index is 212. The van der Waals surface area contributed by atoms with Gasteiger partial charge in [0.1, 0.15) is 0 Å². The van der Waals surface area contributed by atoms with E-state index in [2.05, 4.69) is 28.6 Å². The van der Waals surface area contributed by atoms with Gasteiger partial charge in [-0.15, -0.1) is 14.5 Å². The molecule has 0 nitrogen and oxygen atoms in total. The zero-order valence-corrected chi connectivity index (χ0v) is 15.9. The lowest BCUT2D eigenvalue weighted by Crippen LogP contribution is -2.22. The molecule has 20 heavy (non-hydrogen) atoms. The van der Waals surface area contributed by atoms with E-state index < -0.39 is 0 Å². The van der Waals surface area contributed by atoms with Crippen LogP contribution in [-0.2, 0) is 0 Å². The van der Waals surface area contributed by atoms with E-state index in [9.17, 15) is 0 Å². The first kappa shape index (κ1) is 18.7. The molecule has 2 fully saturated rings. The van der Waals surface area contributed by atoms with Crippen molar-refractivity contribution < 1.29 is 0 Å². The van der Waals surface area contributed by atoms with Crippen molar-refractivity contribution in [2.24, 2.45) is 0 Å². The topological polar surface area (TPSA) is 0 Å². The second-order valence-electron chi connectivity index (χ2n) is 6.25. The summed E-state index contributed by atoms with van der Waals surface area (Å²) in [6.45, 7) is 3.89. The Kier molecular flexibility index (Phi) is 11.4. The molecule has 2 rings (SSSR count). The maximum absolute atomic E-state index is 3.89. The third-order valence-corrected chi connectivity index (χ3v) is 8.65. The van der Waals surface area contributed by atoms with Gasteiger partial charge in [-0.3, -0.25) is 0 Å². The summed E-state index contributed by atoms with van der Waals surface area (Å²) < 4.78 is 0. The fourth-order valence-electron chi connectivity index (χ4n) is 3.91. The Morgan fingerprint density at radius 2 is 1.35 bits per heavy atom. The van der Waals surface area contributed by atoms with Gasteiger partial charge in [0.05, 0.1) is 0 Å². The van der Waals surface area contributed by atoms with E-state index in [4.69, 9.17) is 0 Å². The Hall–Kier alpha value is 0.650. The molecule has 2 aliphatic carbocycles. The summed E-state index contributed by atoms with van der Waals surface area (Å²) in [5.41, 5.74) is 2.28. The molecule has 0 N–H and O–H groups in total. The number of unbranched alkanes of at least 4 members (excludes halogenated alkanes) is 1. The molecule has 2 aliphatic rings. The summed E-state index contributed by atoms with van der Waals surface area (Å²) in [6, 6.07) is 0. The molecular formula is C18H34BrP.